The van der Waals surface area contributed by atoms with Gasteiger partial charge in [0.1, 0.15) is 5.75 Å². The minimum atomic E-state index is -1.41. The molecule has 0 fully saturated rings. The van der Waals surface area contributed by atoms with Crippen LogP contribution in [0.25, 0.3) is 11.0 Å². The highest BCUT2D eigenvalue weighted by Gasteiger charge is 2.25. The molecule has 114 valence electrons. The molecule has 0 aliphatic carbocycles. The molecule has 0 bridgehead atoms. The lowest BCUT2D eigenvalue weighted by molar-refractivity contribution is 0.413. The Bertz CT molecular complexity index is 768. The van der Waals surface area contributed by atoms with E-state index in [2.05, 4.69) is 9.97 Å². The molecular formula is C16H17N3O2S. The molecular weight excluding hydrogens is 298 g/mol. The van der Waals surface area contributed by atoms with Gasteiger partial charge in [-0.05, 0) is 24.3 Å². The molecule has 5 nitrogen and oxygen atoms in total. The molecule has 1 aromatic heterocycles. The zero-order chi connectivity index (χ0) is 15.7. The van der Waals surface area contributed by atoms with Crippen LogP contribution in [-0.2, 0) is 11.2 Å². The molecule has 0 aliphatic rings. The van der Waals surface area contributed by atoms with Crippen LogP contribution in [-0.4, -0.2) is 35.7 Å². The average molecular weight is 315 g/mol. The van der Waals surface area contributed by atoms with Crippen molar-refractivity contribution in [2.75, 3.05) is 26.1 Å². The molecule has 0 saturated carbocycles. The van der Waals surface area contributed by atoms with Crippen molar-refractivity contribution in [2.24, 2.45) is 0 Å². The Kier molecular flexibility index (Phi) is 3.96. The standard InChI is InChI=1S/C16H17N3O2S/c1-19(2)14-9-8-11(21-3)10-15(14)22(20)16-17-12-6-4-5-7-13(12)18-16/h4-10H,1-3H3,(H,17,18). The van der Waals surface area contributed by atoms with E-state index in [0.29, 0.717) is 15.8 Å². The molecule has 3 aromatic rings. The van der Waals surface area contributed by atoms with Crippen molar-refractivity contribution >= 4 is 27.9 Å². The number of nitrogens with zero attached hydrogens (tertiary/aromatic N) is 2. The van der Waals surface area contributed by atoms with Gasteiger partial charge >= 0.3 is 5.16 Å². The number of fused-ring (bicyclic) bond motifs is 1. The third kappa shape index (κ3) is 2.63. The molecule has 0 radical (unpaired) electrons. The van der Waals surface area contributed by atoms with Crippen molar-refractivity contribution in [1.82, 2.24) is 9.97 Å². The van der Waals surface area contributed by atoms with Crippen LogP contribution in [0, 0.1) is 0 Å². The van der Waals surface area contributed by atoms with E-state index in [1.807, 2.05) is 55.4 Å². The predicted octanol–water partition coefficient (Wildman–Crippen LogP) is 2.80. The van der Waals surface area contributed by atoms with Gasteiger partial charge in [0.2, 0.25) is 0 Å². The quantitative estimate of drug-likeness (QED) is 0.752. The fraction of sp³-hybridized carbons (Fsp3) is 0.188. The summed E-state index contributed by atoms with van der Waals surface area (Å²) in [5.74, 6) is 0.671. The molecule has 0 aliphatic heterocycles. The molecule has 6 heteroatoms. The molecule has 3 rings (SSSR count). The smallest absolute Gasteiger partial charge is 0.327 e. The normalized spacial score (nSPS) is 12.4. The second kappa shape index (κ2) is 5.90. The summed E-state index contributed by atoms with van der Waals surface area (Å²) in [6, 6.07) is 13.2. The van der Waals surface area contributed by atoms with Gasteiger partial charge in [0.25, 0.3) is 0 Å². The molecule has 0 amide bonds. The number of rotatable bonds is 4. The summed E-state index contributed by atoms with van der Waals surface area (Å²) < 4.78 is 18.2. The van der Waals surface area contributed by atoms with Gasteiger partial charge in [-0.3, -0.25) is 4.98 Å². The van der Waals surface area contributed by atoms with Crippen molar-refractivity contribution in [2.45, 2.75) is 10.1 Å². The largest absolute Gasteiger partial charge is 0.604 e. The number of nitrogens with one attached hydrogen (secondary N) is 1. The first-order chi connectivity index (χ1) is 10.6. The van der Waals surface area contributed by atoms with Gasteiger partial charge in [0, 0.05) is 20.2 Å². The van der Waals surface area contributed by atoms with Crippen LogP contribution < -0.4 is 9.64 Å². The topological polar surface area (TPSA) is 64.2 Å². The van der Waals surface area contributed by atoms with E-state index in [9.17, 15) is 4.55 Å². The Balaban J connectivity index is 2.08. The molecule has 2 aromatic carbocycles. The van der Waals surface area contributed by atoms with Crippen LogP contribution in [0.5, 0.6) is 5.75 Å². The molecule has 1 N–H and O–H groups in total. The maximum Gasteiger partial charge on any atom is 0.327 e. The molecule has 22 heavy (non-hydrogen) atoms. The van der Waals surface area contributed by atoms with Crippen LogP contribution in [0.3, 0.4) is 0 Å². The summed E-state index contributed by atoms with van der Waals surface area (Å²) in [5, 5.41) is 0.442. The fourth-order valence-corrected chi connectivity index (χ4v) is 3.52. The van der Waals surface area contributed by atoms with Crippen LogP contribution in [0.2, 0.25) is 0 Å². The van der Waals surface area contributed by atoms with Gasteiger partial charge in [-0.25, -0.2) is 0 Å². The summed E-state index contributed by atoms with van der Waals surface area (Å²) in [5.41, 5.74) is 2.56. The van der Waals surface area contributed by atoms with Crippen molar-refractivity contribution in [1.29, 1.82) is 0 Å². The van der Waals surface area contributed by atoms with E-state index in [-0.39, 0.29) is 0 Å². The zero-order valence-electron chi connectivity index (χ0n) is 12.7. The van der Waals surface area contributed by atoms with Crippen molar-refractivity contribution in [3.05, 3.63) is 42.5 Å². The minimum absolute atomic E-state index is 0.442. The lowest BCUT2D eigenvalue weighted by atomic mass is 10.3. The Morgan fingerprint density at radius 2 is 1.95 bits per heavy atom. The SMILES string of the molecule is COc1ccc(N(C)C)c([S+]([O-])c2nc3ccccc3[nH]2)c1. The van der Waals surface area contributed by atoms with E-state index in [1.54, 1.807) is 13.2 Å². The van der Waals surface area contributed by atoms with Gasteiger partial charge in [-0.15, -0.1) is 0 Å². The highest BCUT2D eigenvalue weighted by Crippen LogP contribution is 2.32. The number of anilines is 1. The first-order valence-corrected chi connectivity index (χ1v) is 7.97. The number of benzene rings is 2. The second-order valence-corrected chi connectivity index (χ2v) is 6.42. The summed E-state index contributed by atoms with van der Waals surface area (Å²) in [4.78, 5) is 10.2. The second-order valence-electron chi connectivity index (χ2n) is 5.06. The number of imidazole rings is 1. The number of aromatic amines is 1. The van der Waals surface area contributed by atoms with Gasteiger partial charge in [-0.2, -0.15) is 4.98 Å². The first kappa shape index (κ1) is 14.7. The predicted molar refractivity (Wildman–Crippen MR) is 88.1 cm³/mol. The maximum atomic E-state index is 12.9. The first-order valence-electron chi connectivity index (χ1n) is 6.82. The van der Waals surface area contributed by atoms with E-state index in [4.69, 9.17) is 4.74 Å². The number of H-pyrrole nitrogens is 1. The summed E-state index contributed by atoms with van der Waals surface area (Å²) in [7, 11) is 5.43. The van der Waals surface area contributed by atoms with Crippen molar-refractivity contribution in [3.63, 3.8) is 0 Å². The maximum absolute atomic E-state index is 12.9. The Hall–Kier alpha value is -2.18. The number of aromatic nitrogens is 2. The molecule has 1 atom stereocenters. The van der Waals surface area contributed by atoms with E-state index in [1.165, 1.54) is 0 Å². The van der Waals surface area contributed by atoms with Gasteiger partial charge in [-0.1, -0.05) is 12.1 Å². The van der Waals surface area contributed by atoms with Crippen LogP contribution in [0.15, 0.2) is 52.5 Å². The molecule has 0 saturated heterocycles. The molecule has 0 spiro atoms. The Morgan fingerprint density at radius 3 is 2.64 bits per heavy atom. The van der Waals surface area contributed by atoms with E-state index in [0.717, 1.165) is 16.7 Å². The lowest BCUT2D eigenvalue weighted by Crippen LogP contribution is -2.15. The molecule has 1 heterocycles. The van der Waals surface area contributed by atoms with Gasteiger partial charge in [0.15, 0.2) is 4.90 Å². The third-order valence-electron chi connectivity index (χ3n) is 3.39. The Labute approximate surface area is 132 Å². The fourth-order valence-electron chi connectivity index (χ4n) is 2.26. The Morgan fingerprint density at radius 1 is 1.18 bits per heavy atom. The zero-order valence-corrected chi connectivity index (χ0v) is 13.5. The highest BCUT2D eigenvalue weighted by molar-refractivity contribution is 7.91. The number of para-hydroxylation sites is 2. The number of ether oxygens (including phenoxy) is 1. The number of methoxy groups -OCH3 is 1. The van der Waals surface area contributed by atoms with Crippen molar-refractivity contribution in [3.8, 4) is 5.75 Å². The molecule has 1 unspecified atom stereocenters. The highest BCUT2D eigenvalue weighted by atomic mass is 32.2. The summed E-state index contributed by atoms with van der Waals surface area (Å²) >= 11 is -1.41. The van der Waals surface area contributed by atoms with E-state index >= 15 is 0 Å². The van der Waals surface area contributed by atoms with Gasteiger partial charge < -0.3 is 14.2 Å². The average Bonchev–Trinajstić information content (AvgIpc) is 2.97. The van der Waals surface area contributed by atoms with Crippen LogP contribution in [0.4, 0.5) is 5.69 Å². The summed E-state index contributed by atoms with van der Waals surface area (Å²) in [6.45, 7) is 0. The van der Waals surface area contributed by atoms with Crippen LogP contribution in [0.1, 0.15) is 0 Å². The summed E-state index contributed by atoms with van der Waals surface area (Å²) in [6.07, 6.45) is 0. The third-order valence-corrected chi connectivity index (χ3v) is 4.66. The van der Waals surface area contributed by atoms with Crippen LogP contribution >= 0.6 is 0 Å². The van der Waals surface area contributed by atoms with Crippen molar-refractivity contribution < 1.29 is 9.29 Å². The minimum Gasteiger partial charge on any atom is -0.604 e. The van der Waals surface area contributed by atoms with Gasteiger partial charge in [0.05, 0.1) is 35.0 Å². The monoisotopic (exact) mass is 315 g/mol. The number of hydrogen-bond donors (Lipinski definition) is 1. The lowest BCUT2D eigenvalue weighted by Gasteiger charge is -2.18. The van der Waals surface area contributed by atoms with E-state index < -0.39 is 11.2 Å². The number of hydrogen-bond acceptors (Lipinski definition) is 4.